The standard InChI is InChI=1S/C11H8FIO/c1-7-9(12)5-4-8(11(7)13)10-3-2-6-14-10/h2-6H,1H3. The summed E-state index contributed by atoms with van der Waals surface area (Å²) in [7, 11) is 0. The van der Waals surface area contributed by atoms with E-state index < -0.39 is 0 Å². The molecule has 0 saturated carbocycles. The van der Waals surface area contributed by atoms with Crippen LogP contribution < -0.4 is 0 Å². The number of hydrogen-bond acceptors (Lipinski definition) is 1. The highest BCUT2D eigenvalue weighted by Gasteiger charge is 2.10. The number of rotatable bonds is 1. The molecule has 14 heavy (non-hydrogen) atoms. The topological polar surface area (TPSA) is 13.1 Å². The third-order valence-electron chi connectivity index (χ3n) is 2.11. The first kappa shape index (κ1) is 9.71. The smallest absolute Gasteiger partial charge is 0.134 e. The maximum atomic E-state index is 13.2. The Morgan fingerprint density at radius 2 is 2.07 bits per heavy atom. The Morgan fingerprint density at radius 1 is 1.29 bits per heavy atom. The van der Waals surface area contributed by atoms with Crippen molar-refractivity contribution >= 4 is 22.6 Å². The lowest BCUT2D eigenvalue weighted by molar-refractivity contribution is 0.580. The fourth-order valence-electron chi connectivity index (χ4n) is 1.28. The van der Waals surface area contributed by atoms with Gasteiger partial charge in [0.25, 0.3) is 0 Å². The summed E-state index contributed by atoms with van der Waals surface area (Å²) in [6.45, 7) is 1.77. The Morgan fingerprint density at radius 3 is 2.71 bits per heavy atom. The maximum Gasteiger partial charge on any atom is 0.134 e. The van der Waals surface area contributed by atoms with Crippen LogP contribution >= 0.6 is 22.6 Å². The Balaban J connectivity index is 2.61. The van der Waals surface area contributed by atoms with Crippen LogP contribution in [0.4, 0.5) is 4.39 Å². The SMILES string of the molecule is Cc1c(F)ccc(-c2ccco2)c1I. The summed E-state index contributed by atoms with van der Waals surface area (Å²) >= 11 is 2.13. The van der Waals surface area contributed by atoms with Gasteiger partial charge in [-0.3, -0.25) is 0 Å². The Labute approximate surface area is 95.1 Å². The van der Waals surface area contributed by atoms with Crippen LogP contribution in [0.2, 0.25) is 0 Å². The van der Waals surface area contributed by atoms with E-state index in [2.05, 4.69) is 22.6 Å². The number of halogens is 2. The highest BCUT2D eigenvalue weighted by atomic mass is 127. The van der Waals surface area contributed by atoms with Crippen molar-refractivity contribution in [2.75, 3.05) is 0 Å². The molecule has 0 aliphatic carbocycles. The van der Waals surface area contributed by atoms with Gasteiger partial charge in [0.2, 0.25) is 0 Å². The minimum absolute atomic E-state index is 0.176. The monoisotopic (exact) mass is 302 g/mol. The predicted molar refractivity (Wildman–Crippen MR) is 61.6 cm³/mol. The second-order valence-electron chi connectivity index (χ2n) is 3.01. The predicted octanol–water partition coefficient (Wildman–Crippen LogP) is 4.00. The van der Waals surface area contributed by atoms with Crippen molar-refractivity contribution < 1.29 is 8.81 Å². The van der Waals surface area contributed by atoms with Gasteiger partial charge in [0, 0.05) is 9.13 Å². The van der Waals surface area contributed by atoms with Crippen molar-refractivity contribution in [3.05, 3.63) is 45.5 Å². The second-order valence-corrected chi connectivity index (χ2v) is 4.09. The normalized spacial score (nSPS) is 10.5. The number of hydrogen-bond donors (Lipinski definition) is 0. The molecule has 0 atom stereocenters. The van der Waals surface area contributed by atoms with Gasteiger partial charge in [-0.05, 0) is 59.3 Å². The minimum Gasteiger partial charge on any atom is -0.464 e. The van der Waals surface area contributed by atoms with E-state index >= 15 is 0 Å². The fourth-order valence-corrected chi connectivity index (χ4v) is 1.99. The van der Waals surface area contributed by atoms with Gasteiger partial charge in [0.05, 0.1) is 6.26 Å². The van der Waals surface area contributed by atoms with E-state index in [-0.39, 0.29) is 5.82 Å². The molecule has 1 nitrogen and oxygen atoms in total. The first-order valence-corrected chi connectivity index (χ1v) is 5.26. The van der Waals surface area contributed by atoms with E-state index in [0.29, 0.717) is 5.56 Å². The lowest BCUT2D eigenvalue weighted by atomic mass is 10.1. The first-order chi connectivity index (χ1) is 6.70. The lowest BCUT2D eigenvalue weighted by Crippen LogP contribution is -1.90. The molecular weight excluding hydrogens is 294 g/mol. The van der Waals surface area contributed by atoms with Gasteiger partial charge in [-0.1, -0.05) is 0 Å². The molecule has 0 spiro atoms. The van der Waals surface area contributed by atoms with Crippen LogP contribution in [0.1, 0.15) is 5.56 Å². The van der Waals surface area contributed by atoms with Crippen molar-refractivity contribution in [3.63, 3.8) is 0 Å². The van der Waals surface area contributed by atoms with Crippen LogP contribution in [0, 0.1) is 16.3 Å². The highest BCUT2D eigenvalue weighted by Crippen LogP contribution is 2.28. The first-order valence-electron chi connectivity index (χ1n) is 4.18. The zero-order valence-electron chi connectivity index (χ0n) is 7.55. The minimum atomic E-state index is -0.176. The molecule has 72 valence electrons. The van der Waals surface area contributed by atoms with Gasteiger partial charge in [0.1, 0.15) is 11.6 Å². The summed E-state index contributed by atoms with van der Waals surface area (Å²) in [5.74, 6) is 0.599. The summed E-state index contributed by atoms with van der Waals surface area (Å²) in [4.78, 5) is 0. The molecule has 0 bridgehead atoms. The largest absolute Gasteiger partial charge is 0.464 e. The second kappa shape index (κ2) is 3.73. The third-order valence-corrected chi connectivity index (χ3v) is 3.50. The molecule has 1 heterocycles. The van der Waals surface area contributed by atoms with E-state index in [1.807, 2.05) is 12.1 Å². The van der Waals surface area contributed by atoms with Crippen LogP contribution in [0.15, 0.2) is 34.9 Å². The van der Waals surface area contributed by atoms with Crippen molar-refractivity contribution in [1.29, 1.82) is 0 Å². The molecule has 0 aliphatic rings. The van der Waals surface area contributed by atoms with Crippen molar-refractivity contribution in [1.82, 2.24) is 0 Å². The van der Waals surface area contributed by atoms with Gasteiger partial charge >= 0.3 is 0 Å². The van der Waals surface area contributed by atoms with E-state index in [9.17, 15) is 4.39 Å². The molecule has 0 saturated heterocycles. The molecule has 0 unspecified atom stereocenters. The van der Waals surface area contributed by atoms with Gasteiger partial charge < -0.3 is 4.42 Å². The van der Waals surface area contributed by atoms with Crippen LogP contribution in [-0.4, -0.2) is 0 Å². The number of furan rings is 1. The summed E-state index contributed by atoms with van der Waals surface area (Å²) in [5, 5.41) is 0. The average Bonchev–Trinajstić information content (AvgIpc) is 2.67. The fraction of sp³-hybridized carbons (Fsp3) is 0.0909. The molecule has 0 fully saturated rings. The Bertz CT molecular complexity index is 449. The highest BCUT2D eigenvalue weighted by molar-refractivity contribution is 14.1. The molecule has 0 aliphatic heterocycles. The van der Waals surface area contributed by atoms with Gasteiger partial charge in [-0.15, -0.1) is 0 Å². The van der Waals surface area contributed by atoms with Gasteiger partial charge in [-0.2, -0.15) is 0 Å². The summed E-state index contributed by atoms with van der Waals surface area (Å²) in [6.07, 6.45) is 1.62. The molecule has 1 aromatic heterocycles. The molecular formula is C11H8FIO. The quantitative estimate of drug-likeness (QED) is 0.726. The van der Waals surface area contributed by atoms with Crippen LogP contribution in [0.3, 0.4) is 0 Å². The molecule has 2 rings (SSSR count). The molecule has 2 aromatic rings. The number of benzene rings is 1. The van der Waals surface area contributed by atoms with E-state index in [1.165, 1.54) is 6.07 Å². The lowest BCUT2D eigenvalue weighted by Gasteiger charge is -2.05. The Hall–Kier alpha value is -0.840. The third kappa shape index (κ3) is 1.56. The molecule has 0 amide bonds. The average molecular weight is 302 g/mol. The summed E-state index contributed by atoms with van der Waals surface area (Å²) < 4.78 is 19.3. The Kier molecular flexibility index (Phi) is 2.58. The van der Waals surface area contributed by atoms with Gasteiger partial charge in [-0.25, -0.2) is 4.39 Å². The van der Waals surface area contributed by atoms with Crippen molar-refractivity contribution in [2.24, 2.45) is 0 Å². The summed E-state index contributed by atoms with van der Waals surface area (Å²) in [6, 6.07) is 6.90. The van der Waals surface area contributed by atoms with Crippen molar-refractivity contribution in [2.45, 2.75) is 6.92 Å². The van der Waals surface area contributed by atoms with E-state index in [4.69, 9.17) is 4.42 Å². The van der Waals surface area contributed by atoms with Crippen LogP contribution in [0.25, 0.3) is 11.3 Å². The molecule has 0 N–H and O–H groups in total. The van der Waals surface area contributed by atoms with Crippen LogP contribution in [0.5, 0.6) is 0 Å². The zero-order chi connectivity index (χ0) is 10.1. The zero-order valence-corrected chi connectivity index (χ0v) is 9.71. The molecule has 1 aromatic carbocycles. The summed E-state index contributed by atoms with van der Waals surface area (Å²) in [5.41, 5.74) is 1.61. The molecule has 0 radical (unpaired) electrons. The van der Waals surface area contributed by atoms with E-state index in [0.717, 1.165) is 14.9 Å². The van der Waals surface area contributed by atoms with E-state index in [1.54, 1.807) is 19.3 Å². The molecule has 3 heteroatoms. The van der Waals surface area contributed by atoms with Crippen molar-refractivity contribution in [3.8, 4) is 11.3 Å². The van der Waals surface area contributed by atoms with Gasteiger partial charge in [0.15, 0.2) is 0 Å². The maximum absolute atomic E-state index is 13.2. The van der Waals surface area contributed by atoms with Crippen LogP contribution in [-0.2, 0) is 0 Å².